The average molecular weight is 286 g/mol. The number of urea groups is 1. The number of barbiturate groups is 1. The number of carbonyl (C=O) groups is 3. The normalized spacial score (nSPS) is 16.4. The van der Waals surface area contributed by atoms with Crippen LogP contribution in [0.15, 0.2) is 24.3 Å². The molecular formula is C12H9F3N2O3. The van der Waals surface area contributed by atoms with Crippen LogP contribution in [0.5, 0.6) is 0 Å². The van der Waals surface area contributed by atoms with Crippen LogP contribution >= 0.6 is 0 Å². The minimum atomic E-state index is -4.58. The Bertz CT molecular complexity index is 564. The van der Waals surface area contributed by atoms with Gasteiger partial charge in [0.15, 0.2) is 0 Å². The van der Waals surface area contributed by atoms with Gasteiger partial charge in [0.2, 0.25) is 11.8 Å². The van der Waals surface area contributed by atoms with E-state index in [1.54, 1.807) is 0 Å². The van der Waals surface area contributed by atoms with Gasteiger partial charge in [-0.2, -0.15) is 13.2 Å². The fraction of sp³-hybridized carbons (Fsp3) is 0.250. The van der Waals surface area contributed by atoms with Crippen LogP contribution in [0.2, 0.25) is 0 Å². The Morgan fingerprint density at radius 2 is 1.80 bits per heavy atom. The van der Waals surface area contributed by atoms with Crippen LogP contribution in [-0.2, 0) is 22.3 Å². The summed E-state index contributed by atoms with van der Waals surface area (Å²) in [6.45, 7) is -0.534. The SMILES string of the molecule is O=C1CC(=O)N(Cc2ccccc2C(F)(F)F)C(=O)N1. The zero-order valence-corrected chi connectivity index (χ0v) is 10.0. The summed E-state index contributed by atoms with van der Waals surface area (Å²) >= 11 is 0. The molecule has 1 saturated heterocycles. The first-order chi connectivity index (χ1) is 9.29. The molecule has 8 heteroatoms. The third kappa shape index (κ3) is 2.79. The summed E-state index contributed by atoms with van der Waals surface area (Å²) < 4.78 is 38.4. The Balaban J connectivity index is 2.29. The minimum Gasteiger partial charge on any atom is -0.277 e. The second-order valence-electron chi connectivity index (χ2n) is 4.16. The zero-order chi connectivity index (χ0) is 14.9. The smallest absolute Gasteiger partial charge is 0.277 e. The van der Waals surface area contributed by atoms with E-state index in [0.29, 0.717) is 4.90 Å². The molecule has 1 N–H and O–H groups in total. The summed E-state index contributed by atoms with van der Waals surface area (Å²) in [6.07, 6.45) is -5.14. The van der Waals surface area contributed by atoms with Gasteiger partial charge in [0.05, 0.1) is 12.1 Å². The Hall–Kier alpha value is -2.38. The van der Waals surface area contributed by atoms with Crippen molar-refractivity contribution in [3.05, 3.63) is 35.4 Å². The number of halogens is 3. The van der Waals surface area contributed by atoms with Crippen LogP contribution in [0, 0.1) is 0 Å². The van der Waals surface area contributed by atoms with Crippen molar-refractivity contribution in [1.82, 2.24) is 10.2 Å². The minimum absolute atomic E-state index is 0.210. The van der Waals surface area contributed by atoms with E-state index in [9.17, 15) is 27.6 Å². The molecule has 106 valence electrons. The van der Waals surface area contributed by atoms with Gasteiger partial charge in [0, 0.05) is 0 Å². The van der Waals surface area contributed by atoms with Crippen LogP contribution in [0.3, 0.4) is 0 Å². The van der Waals surface area contributed by atoms with E-state index >= 15 is 0 Å². The van der Waals surface area contributed by atoms with Crippen molar-refractivity contribution in [2.24, 2.45) is 0 Å². The summed E-state index contributed by atoms with van der Waals surface area (Å²) in [4.78, 5) is 34.6. The van der Waals surface area contributed by atoms with Gasteiger partial charge < -0.3 is 0 Å². The molecule has 0 spiro atoms. The van der Waals surface area contributed by atoms with Gasteiger partial charge in [-0.25, -0.2) is 4.79 Å². The Morgan fingerprint density at radius 1 is 1.15 bits per heavy atom. The molecule has 1 fully saturated rings. The van der Waals surface area contributed by atoms with Gasteiger partial charge in [-0.15, -0.1) is 0 Å². The lowest BCUT2D eigenvalue weighted by molar-refractivity contribution is -0.141. The molecule has 1 aliphatic rings. The Morgan fingerprint density at radius 3 is 2.40 bits per heavy atom. The molecular weight excluding hydrogens is 277 g/mol. The third-order valence-corrected chi connectivity index (χ3v) is 2.76. The second kappa shape index (κ2) is 4.95. The summed E-state index contributed by atoms with van der Waals surface area (Å²) in [7, 11) is 0. The van der Waals surface area contributed by atoms with Crippen LogP contribution in [0.4, 0.5) is 18.0 Å². The molecule has 0 radical (unpaired) electrons. The average Bonchev–Trinajstić information content (AvgIpc) is 2.33. The summed E-state index contributed by atoms with van der Waals surface area (Å²) in [5.41, 5.74) is -1.13. The topological polar surface area (TPSA) is 66.5 Å². The highest BCUT2D eigenvalue weighted by molar-refractivity contribution is 6.14. The molecule has 0 aliphatic carbocycles. The van der Waals surface area contributed by atoms with Crippen molar-refractivity contribution >= 4 is 17.8 Å². The largest absolute Gasteiger partial charge is 0.416 e. The van der Waals surface area contributed by atoms with Crippen LogP contribution < -0.4 is 5.32 Å². The first kappa shape index (κ1) is 14.0. The highest BCUT2D eigenvalue weighted by atomic mass is 19.4. The second-order valence-corrected chi connectivity index (χ2v) is 4.16. The first-order valence-corrected chi connectivity index (χ1v) is 5.58. The maximum Gasteiger partial charge on any atom is 0.416 e. The van der Waals surface area contributed by atoms with Crippen molar-refractivity contribution in [3.8, 4) is 0 Å². The fourth-order valence-electron chi connectivity index (χ4n) is 1.84. The fourth-order valence-corrected chi connectivity index (χ4v) is 1.84. The number of nitrogens with zero attached hydrogens (tertiary/aromatic N) is 1. The number of alkyl halides is 3. The highest BCUT2D eigenvalue weighted by Crippen LogP contribution is 2.32. The first-order valence-electron chi connectivity index (χ1n) is 5.58. The van der Waals surface area contributed by atoms with E-state index in [0.717, 1.165) is 6.07 Å². The molecule has 2 rings (SSSR count). The molecule has 5 nitrogen and oxygen atoms in total. The predicted molar refractivity (Wildman–Crippen MR) is 60.1 cm³/mol. The van der Waals surface area contributed by atoms with Gasteiger partial charge in [0.1, 0.15) is 6.42 Å². The Labute approximate surface area is 111 Å². The summed E-state index contributed by atoms with van der Waals surface area (Å²) in [5, 5.41) is 1.88. The van der Waals surface area contributed by atoms with E-state index < -0.39 is 42.6 Å². The molecule has 0 bridgehead atoms. The molecule has 0 saturated carbocycles. The Kier molecular flexibility index (Phi) is 3.47. The monoisotopic (exact) mass is 286 g/mol. The summed E-state index contributed by atoms with van der Waals surface area (Å²) in [6, 6.07) is 3.63. The lowest BCUT2D eigenvalue weighted by Crippen LogP contribution is -2.52. The maximum absolute atomic E-state index is 12.8. The van der Waals surface area contributed by atoms with E-state index in [-0.39, 0.29) is 5.56 Å². The third-order valence-electron chi connectivity index (χ3n) is 2.76. The molecule has 4 amide bonds. The van der Waals surface area contributed by atoms with Gasteiger partial charge in [-0.05, 0) is 11.6 Å². The lowest BCUT2D eigenvalue weighted by atomic mass is 10.1. The number of benzene rings is 1. The van der Waals surface area contributed by atoms with E-state index in [2.05, 4.69) is 0 Å². The van der Waals surface area contributed by atoms with E-state index in [1.807, 2.05) is 5.32 Å². The van der Waals surface area contributed by atoms with Gasteiger partial charge in [-0.1, -0.05) is 18.2 Å². The molecule has 1 heterocycles. The van der Waals surface area contributed by atoms with E-state index in [4.69, 9.17) is 0 Å². The number of amides is 4. The van der Waals surface area contributed by atoms with Gasteiger partial charge >= 0.3 is 12.2 Å². The number of rotatable bonds is 2. The quantitative estimate of drug-likeness (QED) is 0.841. The number of hydrogen-bond donors (Lipinski definition) is 1. The number of nitrogens with one attached hydrogen (secondary N) is 1. The maximum atomic E-state index is 12.8. The molecule has 1 aromatic rings. The zero-order valence-electron chi connectivity index (χ0n) is 10.0. The van der Waals surface area contributed by atoms with Crippen LogP contribution in [0.1, 0.15) is 17.5 Å². The van der Waals surface area contributed by atoms with Gasteiger partial charge in [0.25, 0.3) is 0 Å². The highest BCUT2D eigenvalue weighted by Gasteiger charge is 2.36. The van der Waals surface area contributed by atoms with Gasteiger partial charge in [-0.3, -0.25) is 19.8 Å². The van der Waals surface area contributed by atoms with Crippen LogP contribution in [-0.4, -0.2) is 22.7 Å². The van der Waals surface area contributed by atoms with Crippen molar-refractivity contribution < 1.29 is 27.6 Å². The molecule has 20 heavy (non-hydrogen) atoms. The number of imide groups is 2. The van der Waals surface area contributed by atoms with Crippen molar-refractivity contribution in [3.63, 3.8) is 0 Å². The number of carbonyl (C=O) groups excluding carboxylic acids is 3. The standard InChI is InChI=1S/C12H9F3N2O3/c13-12(14,15)8-4-2-1-3-7(8)6-17-10(19)5-9(18)16-11(17)20/h1-4H,5-6H2,(H,16,18,20). The lowest BCUT2D eigenvalue weighted by Gasteiger charge is -2.25. The molecule has 0 atom stereocenters. The molecule has 1 aromatic carbocycles. The van der Waals surface area contributed by atoms with Crippen LogP contribution in [0.25, 0.3) is 0 Å². The predicted octanol–water partition coefficient (Wildman–Crippen LogP) is 1.67. The molecule has 0 unspecified atom stereocenters. The molecule has 0 aromatic heterocycles. The van der Waals surface area contributed by atoms with Crippen molar-refractivity contribution in [2.75, 3.05) is 0 Å². The summed E-state index contributed by atoms with van der Waals surface area (Å²) in [5.74, 6) is -1.59. The number of hydrogen-bond acceptors (Lipinski definition) is 3. The molecule has 1 aliphatic heterocycles. The van der Waals surface area contributed by atoms with Crippen molar-refractivity contribution in [1.29, 1.82) is 0 Å². The van der Waals surface area contributed by atoms with E-state index in [1.165, 1.54) is 18.2 Å². The van der Waals surface area contributed by atoms with Crippen molar-refractivity contribution in [2.45, 2.75) is 19.1 Å².